The van der Waals surface area contributed by atoms with Crippen LogP contribution in [-0.2, 0) is 11.2 Å². The van der Waals surface area contributed by atoms with E-state index in [1.54, 1.807) is 18.4 Å². The second-order valence-electron chi connectivity index (χ2n) is 7.88. The standard InChI is InChI=1S/C25H29N3O2S/c1-30-22-12-10-19(11-13-22)23(28-14-6-3-7-15-28)17-26-24(29)16-21-18-31-25(27-21)20-8-4-2-5-9-20/h2,4-5,8-13,18,23H,3,6-7,14-17H2,1H3,(H,26,29). The van der Waals surface area contributed by atoms with E-state index in [-0.39, 0.29) is 11.9 Å². The number of nitrogens with zero attached hydrogens (tertiary/aromatic N) is 2. The number of hydrogen-bond acceptors (Lipinski definition) is 5. The summed E-state index contributed by atoms with van der Waals surface area (Å²) in [6, 6.07) is 18.5. The van der Waals surface area contributed by atoms with Crippen molar-refractivity contribution in [1.29, 1.82) is 0 Å². The van der Waals surface area contributed by atoms with Gasteiger partial charge in [0.2, 0.25) is 5.91 Å². The lowest BCUT2D eigenvalue weighted by Crippen LogP contribution is -2.41. The highest BCUT2D eigenvalue weighted by atomic mass is 32.1. The smallest absolute Gasteiger partial charge is 0.226 e. The largest absolute Gasteiger partial charge is 0.497 e. The van der Waals surface area contributed by atoms with Gasteiger partial charge in [-0.05, 0) is 43.6 Å². The average Bonchev–Trinajstić information content (AvgIpc) is 3.29. The number of hydrogen-bond donors (Lipinski definition) is 1. The number of thiazole rings is 1. The third kappa shape index (κ3) is 5.71. The molecule has 0 saturated carbocycles. The summed E-state index contributed by atoms with van der Waals surface area (Å²) in [6.07, 6.45) is 4.01. The van der Waals surface area contributed by atoms with Crippen molar-refractivity contribution >= 4 is 17.2 Å². The molecule has 162 valence electrons. The van der Waals surface area contributed by atoms with E-state index in [1.807, 2.05) is 47.8 Å². The van der Waals surface area contributed by atoms with Gasteiger partial charge in [-0.2, -0.15) is 0 Å². The molecule has 1 N–H and O–H groups in total. The van der Waals surface area contributed by atoms with E-state index in [4.69, 9.17) is 4.74 Å². The molecular weight excluding hydrogens is 406 g/mol. The highest BCUT2D eigenvalue weighted by Gasteiger charge is 2.23. The molecule has 6 heteroatoms. The predicted molar refractivity (Wildman–Crippen MR) is 125 cm³/mol. The summed E-state index contributed by atoms with van der Waals surface area (Å²) in [4.78, 5) is 19.8. The minimum absolute atomic E-state index is 0.0143. The van der Waals surface area contributed by atoms with Crippen molar-refractivity contribution in [2.24, 2.45) is 0 Å². The van der Waals surface area contributed by atoms with E-state index in [2.05, 4.69) is 27.3 Å². The Morgan fingerprint density at radius 2 is 1.84 bits per heavy atom. The number of benzene rings is 2. The zero-order valence-electron chi connectivity index (χ0n) is 17.9. The first kappa shape index (κ1) is 21.5. The van der Waals surface area contributed by atoms with Crippen molar-refractivity contribution in [1.82, 2.24) is 15.2 Å². The topological polar surface area (TPSA) is 54.5 Å². The molecule has 0 radical (unpaired) electrons. The summed E-state index contributed by atoms with van der Waals surface area (Å²) in [5.41, 5.74) is 3.12. The molecule has 1 aliphatic heterocycles. The molecule has 5 nitrogen and oxygen atoms in total. The van der Waals surface area contributed by atoms with Gasteiger partial charge in [-0.1, -0.05) is 48.9 Å². The molecule has 1 amide bonds. The predicted octanol–water partition coefficient (Wildman–Crippen LogP) is 4.70. The van der Waals surface area contributed by atoms with Crippen LogP contribution in [0.2, 0.25) is 0 Å². The highest BCUT2D eigenvalue weighted by molar-refractivity contribution is 7.13. The summed E-state index contributed by atoms with van der Waals surface area (Å²) in [5, 5.41) is 6.09. The number of amides is 1. The molecular formula is C25H29N3O2S. The Bertz CT molecular complexity index is 966. The normalized spacial score (nSPS) is 15.4. The minimum Gasteiger partial charge on any atom is -0.497 e. The number of aromatic nitrogens is 1. The molecule has 2 heterocycles. The van der Waals surface area contributed by atoms with Gasteiger partial charge in [0.05, 0.1) is 25.3 Å². The molecule has 0 bridgehead atoms. The zero-order chi connectivity index (χ0) is 21.5. The van der Waals surface area contributed by atoms with Crippen LogP contribution in [0, 0.1) is 0 Å². The van der Waals surface area contributed by atoms with Crippen molar-refractivity contribution < 1.29 is 9.53 Å². The second-order valence-corrected chi connectivity index (χ2v) is 8.73. The minimum atomic E-state index is 0.0143. The first-order chi connectivity index (χ1) is 15.2. The van der Waals surface area contributed by atoms with Crippen LogP contribution in [0.1, 0.15) is 36.6 Å². The lowest BCUT2D eigenvalue weighted by atomic mass is 10.0. The van der Waals surface area contributed by atoms with Crippen LogP contribution < -0.4 is 10.1 Å². The maximum Gasteiger partial charge on any atom is 0.226 e. The Hall–Kier alpha value is -2.70. The number of rotatable bonds is 8. The maximum absolute atomic E-state index is 12.7. The Labute approximate surface area is 188 Å². The summed E-state index contributed by atoms with van der Waals surface area (Å²) in [5.74, 6) is 0.864. The summed E-state index contributed by atoms with van der Waals surface area (Å²) >= 11 is 1.58. The Morgan fingerprint density at radius 1 is 1.10 bits per heavy atom. The third-order valence-corrected chi connectivity index (χ3v) is 6.68. The van der Waals surface area contributed by atoms with Crippen LogP contribution in [0.25, 0.3) is 10.6 Å². The molecule has 0 aliphatic carbocycles. The van der Waals surface area contributed by atoms with E-state index in [0.29, 0.717) is 13.0 Å². The summed E-state index contributed by atoms with van der Waals surface area (Å²) in [6.45, 7) is 2.74. The van der Waals surface area contributed by atoms with Crippen LogP contribution in [0.5, 0.6) is 5.75 Å². The summed E-state index contributed by atoms with van der Waals surface area (Å²) in [7, 11) is 1.68. The van der Waals surface area contributed by atoms with E-state index in [0.717, 1.165) is 35.1 Å². The van der Waals surface area contributed by atoms with Gasteiger partial charge in [0.15, 0.2) is 0 Å². The number of likely N-dealkylation sites (tertiary alicyclic amines) is 1. The van der Waals surface area contributed by atoms with Gasteiger partial charge in [0.25, 0.3) is 0 Å². The van der Waals surface area contributed by atoms with Gasteiger partial charge in [0.1, 0.15) is 10.8 Å². The number of piperidine rings is 1. The van der Waals surface area contributed by atoms with Crippen molar-refractivity contribution in [2.75, 3.05) is 26.7 Å². The molecule has 1 saturated heterocycles. The zero-order valence-corrected chi connectivity index (χ0v) is 18.7. The van der Waals surface area contributed by atoms with Crippen LogP contribution in [0.3, 0.4) is 0 Å². The van der Waals surface area contributed by atoms with Crippen molar-refractivity contribution in [3.05, 3.63) is 71.2 Å². The quantitative estimate of drug-likeness (QED) is 0.557. The molecule has 1 unspecified atom stereocenters. The fraction of sp³-hybridized carbons (Fsp3) is 0.360. The second kappa shape index (κ2) is 10.6. The van der Waals surface area contributed by atoms with Crippen molar-refractivity contribution in [3.8, 4) is 16.3 Å². The maximum atomic E-state index is 12.7. The van der Waals surface area contributed by atoms with Gasteiger partial charge in [-0.25, -0.2) is 4.98 Å². The van der Waals surface area contributed by atoms with E-state index in [1.165, 1.54) is 24.8 Å². The van der Waals surface area contributed by atoms with Crippen LogP contribution >= 0.6 is 11.3 Å². The van der Waals surface area contributed by atoms with Crippen LogP contribution in [-0.4, -0.2) is 42.5 Å². The molecule has 31 heavy (non-hydrogen) atoms. The van der Waals surface area contributed by atoms with Gasteiger partial charge >= 0.3 is 0 Å². The Morgan fingerprint density at radius 3 is 2.55 bits per heavy atom. The van der Waals surface area contributed by atoms with Crippen molar-refractivity contribution in [2.45, 2.75) is 31.7 Å². The Balaban J connectivity index is 1.39. The number of methoxy groups -OCH3 is 1. The van der Waals surface area contributed by atoms with Gasteiger partial charge in [-0.3, -0.25) is 9.69 Å². The Kier molecular flexibility index (Phi) is 7.33. The molecule has 1 aliphatic rings. The first-order valence-electron chi connectivity index (χ1n) is 10.9. The third-order valence-electron chi connectivity index (χ3n) is 5.74. The van der Waals surface area contributed by atoms with Crippen molar-refractivity contribution in [3.63, 3.8) is 0 Å². The SMILES string of the molecule is COc1ccc(C(CNC(=O)Cc2csc(-c3ccccc3)n2)N2CCCCC2)cc1. The molecule has 1 atom stereocenters. The van der Waals surface area contributed by atoms with Gasteiger partial charge < -0.3 is 10.1 Å². The number of nitrogens with one attached hydrogen (secondary N) is 1. The van der Waals surface area contributed by atoms with E-state index >= 15 is 0 Å². The highest BCUT2D eigenvalue weighted by Crippen LogP contribution is 2.26. The number of carbonyl (C=O) groups is 1. The molecule has 2 aromatic carbocycles. The van der Waals surface area contributed by atoms with E-state index in [9.17, 15) is 4.79 Å². The molecule has 4 rings (SSSR count). The lowest BCUT2D eigenvalue weighted by Gasteiger charge is -2.35. The first-order valence-corrected chi connectivity index (χ1v) is 11.8. The number of carbonyl (C=O) groups excluding carboxylic acids is 1. The van der Waals surface area contributed by atoms with E-state index < -0.39 is 0 Å². The van der Waals surface area contributed by atoms with Crippen LogP contribution in [0.15, 0.2) is 60.0 Å². The molecule has 0 spiro atoms. The van der Waals surface area contributed by atoms with Gasteiger partial charge in [0, 0.05) is 17.5 Å². The average molecular weight is 436 g/mol. The number of ether oxygens (including phenoxy) is 1. The van der Waals surface area contributed by atoms with Gasteiger partial charge in [-0.15, -0.1) is 11.3 Å². The monoisotopic (exact) mass is 435 g/mol. The van der Waals surface area contributed by atoms with Crippen LogP contribution in [0.4, 0.5) is 0 Å². The lowest BCUT2D eigenvalue weighted by molar-refractivity contribution is -0.120. The molecule has 1 aromatic heterocycles. The molecule has 1 fully saturated rings. The fourth-order valence-electron chi connectivity index (χ4n) is 4.05. The summed E-state index contributed by atoms with van der Waals surface area (Å²) < 4.78 is 5.30. The molecule has 3 aromatic rings. The fourth-order valence-corrected chi connectivity index (χ4v) is 4.88.